The maximum atomic E-state index is 5.63. The van der Waals surface area contributed by atoms with E-state index < -0.39 is 0 Å². The van der Waals surface area contributed by atoms with E-state index in [4.69, 9.17) is 9.98 Å². The summed E-state index contributed by atoms with van der Waals surface area (Å²) in [6, 6.07) is 75.5. The summed E-state index contributed by atoms with van der Waals surface area (Å²) in [4.78, 5) is 10.9. The fourth-order valence-electron chi connectivity index (χ4n) is 11.5. The molecule has 2 aliphatic carbocycles. The highest BCUT2D eigenvalue weighted by Gasteiger charge is 2.37. The number of fused-ring (bicyclic) bond motifs is 9. The lowest BCUT2D eigenvalue weighted by Gasteiger charge is -2.25. The average Bonchev–Trinajstić information content (AvgIpc) is 3.77. The predicted molar refractivity (Wildman–Crippen MR) is 284 cm³/mol. The summed E-state index contributed by atoms with van der Waals surface area (Å²) < 4.78 is 0. The smallest absolute Gasteiger partial charge is 0.145 e. The predicted octanol–water partition coefficient (Wildman–Crippen LogP) is 16.1. The van der Waals surface area contributed by atoms with Crippen molar-refractivity contribution in [3.63, 3.8) is 0 Å². The zero-order chi connectivity index (χ0) is 45.7. The summed E-state index contributed by atoms with van der Waals surface area (Å²) in [7, 11) is 0. The van der Waals surface area contributed by atoms with Gasteiger partial charge in [-0.25, -0.2) is 4.98 Å². The second-order valence-electron chi connectivity index (χ2n) is 19.8. The molecule has 1 aromatic heterocycles. The Morgan fingerprint density at radius 1 is 0.382 bits per heavy atom. The van der Waals surface area contributed by atoms with Gasteiger partial charge in [-0.05, 0) is 119 Å². The Morgan fingerprint density at radius 3 is 1.50 bits per heavy atom. The number of hydrogen-bond acceptors (Lipinski definition) is 3. The van der Waals surface area contributed by atoms with Gasteiger partial charge < -0.3 is 5.32 Å². The third kappa shape index (κ3) is 6.26. The third-order valence-electron chi connectivity index (χ3n) is 15.1. The Labute approximate surface area is 398 Å². The normalized spacial score (nSPS) is 16.0. The number of pyridine rings is 1. The van der Waals surface area contributed by atoms with Gasteiger partial charge in [-0.3, -0.25) is 4.99 Å². The van der Waals surface area contributed by atoms with Crippen LogP contribution in [0.3, 0.4) is 0 Å². The van der Waals surface area contributed by atoms with Gasteiger partial charge in [0.1, 0.15) is 6.17 Å². The van der Waals surface area contributed by atoms with Gasteiger partial charge in [0.05, 0.1) is 16.9 Å². The zero-order valence-electron chi connectivity index (χ0n) is 38.7. The molecule has 0 amide bonds. The average molecular weight is 872 g/mol. The van der Waals surface area contributed by atoms with E-state index in [2.05, 4.69) is 245 Å². The molecule has 68 heavy (non-hydrogen) atoms. The van der Waals surface area contributed by atoms with Gasteiger partial charge in [0.15, 0.2) is 0 Å². The van der Waals surface area contributed by atoms with Gasteiger partial charge in [0, 0.05) is 32.9 Å². The second kappa shape index (κ2) is 15.2. The number of nitrogens with zero attached hydrogens (tertiary/aromatic N) is 2. The summed E-state index contributed by atoms with van der Waals surface area (Å²) in [6.45, 7) is 9.46. The Hall–Kier alpha value is -8.14. The summed E-state index contributed by atoms with van der Waals surface area (Å²) >= 11 is 0. The molecule has 0 saturated heterocycles. The molecule has 0 fully saturated rings. The minimum Gasteiger partial charge on any atom is -0.360 e. The Kier molecular flexibility index (Phi) is 8.98. The largest absolute Gasteiger partial charge is 0.360 e. The van der Waals surface area contributed by atoms with E-state index in [0.29, 0.717) is 0 Å². The fourth-order valence-corrected chi connectivity index (χ4v) is 11.5. The Balaban J connectivity index is 0.976. The Morgan fingerprint density at radius 2 is 0.882 bits per heavy atom. The number of nitrogens with one attached hydrogen (secondary N) is 1. The zero-order valence-corrected chi connectivity index (χ0v) is 38.7. The first-order chi connectivity index (χ1) is 33.2. The number of benzene rings is 9. The van der Waals surface area contributed by atoms with Crippen molar-refractivity contribution < 1.29 is 0 Å². The molecule has 0 spiro atoms. The number of aromatic nitrogens is 1. The molecule has 1 unspecified atom stereocenters. The molecular formula is C65H49N3. The van der Waals surface area contributed by atoms with Crippen LogP contribution in [0, 0.1) is 0 Å². The molecule has 3 heteroatoms. The Bertz CT molecular complexity index is 3740. The third-order valence-corrected chi connectivity index (χ3v) is 15.1. The van der Waals surface area contributed by atoms with E-state index >= 15 is 0 Å². The molecule has 1 N–H and O–H groups in total. The summed E-state index contributed by atoms with van der Waals surface area (Å²) in [5.74, 6) is 0. The van der Waals surface area contributed by atoms with Crippen LogP contribution >= 0.6 is 0 Å². The highest BCUT2D eigenvalue weighted by atomic mass is 15.1. The standard InChI is InChI=1S/C65H49N3/c1-64(2)55-25-15-13-22-47(55)49-33-31-44(35-57(49)64)52-37-54-53(45-32-34-50-48-23-14-16-26-56(48)65(3,4)58(50)36-45)38-59(66-62(54)51-24-12-11-21-46(51)52)42-27-29-43(30-28-42)63-67-60(40-17-7-5-8-18-40)39-61(68-63)41-19-9-6-10-20-41/h5-39,63,67H,1-4H3. The molecular weight excluding hydrogens is 823 g/mol. The quantitative estimate of drug-likeness (QED) is 0.169. The minimum absolute atomic E-state index is 0.106. The molecule has 10 aromatic rings. The first-order valence-electron chi connectivity index (χ1n) is 23.8. The van der Waals surface area contributed by atoms with Crippen LogP contribution in [0.1, 0.15) is 72.8 Å². The number of rotatable bonds is 6. The number of hydrogen-bond donors (Lipinski definition) is 1. The van der Waals surface area contributed by atoms with Crippen molar-refractivity contribution in [2.75, 3.05) is 0 Å². The van der Waals surface area contributed by atoms with Crippen molar-refractivity contribution in [1.29, 1.82) is 0 Å². The highest BCUT2D eigenvalue weighted by Crippen LogP contribution is 2.52. The molecule has 3 nitrogen and oxygen atoms in total. The fraction of sp³-hybridized carbons (Fsp3) is 0.108. The molecule has 324 valence electrons. The minimum atomic E-state index is -0.264. The summed E-state index contributed by atoms with van der Waals surface area (Å²) in [5, 5.41) is 7.24. The second-order valence-corrected chi connectivity index (χ2v) is 19.8. The van der Waals surface area contributed by atoms with E-state index in [1.54, 1.807) is 0 Å². The van der Waals surface area contributed by atoms with Crippen molar-refractivity contribution in [3.8, 4) is 55.8 Å². The van der Waals surface area contributed by atoms with Gasteiger partial charge in [-0.15, -0.1) is 0 Å². The van der Waals surface area contributed by atoms with Gasteiger partial charge >= 0.3 is 0 Å². The van der Waals surface area contributed by atoms with E-state index in [1.165, 1.54) is 72.1 Å². The summed E-state index contributed by atoms with van der Waals surface area (Å²) in [5.41, 5.74) is 23.7. The van der Waals surface area contributed by atoms with Crippen LogP contribution in [-0.2, 0) is 10.8 Å². The highest BCUT2D eigenvalue weighted by molar-refractivity contribution is 6.16. The SMILES string of the molecule is CC1(C)c2ccccc2-c2ccc(-c3cc4c(-c5ccc6c(c5)C(C)(C)c5ccccc5-6)cc(-c5ccc(C6N=C(c7ccccc7)C=C(c7ccccc7)N6)cc5)nc4c4ccccc34)cc21. The van der Waals surface area contributed by atoms with Crippen LogP contribution in [0.2, 0.25) is 0 Å². The molecule has 1 atom stereocenters. The van der Waals surface area contributed by atoms with E-state index in [-0.39, 0.29) is 17.0 Å². The van der Waals surface area contributed by atoms with Crippen molar-refractivity contribution >= 4 is 33.1 Å². The van der Waals surface area contributed by atoms with Crippen molar-refractivity contribution in [2.45, 2.75) is 44.7 Å². The van der Waals surface area contributed by atoms with Gasteiger partial charge in [0.25, 0.3) is 0 Å². The van der Waals surface area contributed by atoms with Crippen LogP contribution in [0.5, 0.6) is 0 Å². The number of allylic oxidation sites excluding steroid dienone is 1. The molecule has 1 aliphatic heterocycles. The topological polar surface area (TPSA) is 37.3 Å². The van der Waals surface area contributed by atoms with Crippen molar-refractivity contribution in [3.05, 3.63) is 251 Å². The van der Waals surface area contributed by atoms with Crippen molar-refractivity contribution in [2.24, 2.45) is 4.99 Å². The van der Waals surface area contributed by atoms with E-state index in [0.717, 1.165) is 55.6 Å². The first-order valence-corrected chi connectivity index (χ1v) is 23.8. The molecule has 9 aromatic carbocycles. The maximum absolute atomic E-state index is 5.63. The van der Waals surface area contributed by atoms with Crippen LogP contribution in [-0.4, -0.2) is 10.7 Å². The van der Waals surface area contributed by atoms with Crippen LogP contribution in [0.4, 0.5) is 0 Å². The lowest BCUT2D eigenvalue weighted by atomic mass is 9.81. The first kappa shape index (κ1) is 40.2. The van der Waals surface area contributed by atoms with Crippen LogP contribution < -0.4 is 5.32 Å². The van der Waals surface area contributed by atoms with Gasteiger partial charge in [0.2, 0.25) is 0 Å². The molecule has 3 aliphatic rings. The molecule has 2 heterocycles. The van der Waals surface area contributed by atoms with Gasteiger partial charge in [-0.1, -0.05) is 210 Å². The van der Waals surface area contributed by atoms with Crippen LogP contribution in [0.25, 0.3) is 83.1 Å². The molecule has 0 bridgehead atoms. The maximum Gasteiger partial charge on any atom is 0.145 e. The number of aliphatic imine (C=N–C) groups is 1. The van der Waals surface area contributed by atoms with E-state index in [1.807, 2.05) is 0 Å². The molecule has 0 radical (unpaired) electrons. The van der Waals surface area contributed by atoms with Crippen LogP contribution in [0.15, 0.2) is 217 Å². The molecule has 13 rings (SSSR count). The monoisotopic (exact) mass is 871 g/mol. The lowest BCUT2D eigenvalue weighted by molar-refractivity contribution is 0.660. The summed E-state index contributed by atoms with van der Waals surface area (Å²) in [6.07, 6.45) is 1.90. The van der Waals surface area contributed by atoms with Gasteiger partial charge in [-0.2, -0.15) is 0 Å². The molecule has 0 saturated carbocycles. The van der Waals surface area contributed by atoms with Crippen molar-refractivity contribution in [1.82, 2.24) is 10.3 Å². The van der Waals surface area contributed by atoms with E-state index in [9.17, 15) is 0 Å². The lowest BCUT2D eigenvalue weighted by Crippen LogP contribution is -2.24.